The molecule has 1 aliphatic carbocycles. The molecule has 0 saturated carbocycles. The molecule has 2 atom stereocenters. The number of alkyl carbamates (subject to hydrolysis) is 1. The maximum Gasteiger partial charge on any atom is 0.407 e. The predicted octanol–water partition coefficient (Wildman–Crippen LogP) is 4.06. The van der Waals surface area contributed by atoms with Gasteiger partial charge in [-0.05, 0) is 58.1 Å². The number of aliphatic carboxylic acids is 1. The van der Waals surface area contributed by atoms with Gasteiger partial charge in [0.05, 0.1) is 0 Å². The Morgan fingerprint density at radius 1 is 1.33 bits per heavy atom. The van der Waals surface area contributed by atoms with Crippen LogP contribution in [-0.2, 0) is 22.4 Å². The summed E-state index contributed by atoms with van der Waals surface area (Å²) in [6, 6.07) is 7.34. The first-order valence-corrected chi connectivity index (χ1v) is 9.54. The van der Waals surface area contributed by atoms with Gasteiger partial charge in [0.1, 0.15) is 11.6 Å². The number of amides is 1. The van der Waals surface area contributed by atoms with Gasteiger partial charge in [0, 0.05) is 22.6 Å². The summed E-state index contributed by atoms with van der Waals surface area (Å²) in [5, 5.41) is 13.7. The van der Waals surface area contributed by atoms with Crippen LogP contribution in [0.2, 0.25) is 0 Å². The van der Waals surface area contributed by atoms with E-state index in [1.165, 1.54) is 0 Å². The quantitative estimate of drug-likeness (QED) is 0.848. The van der Waals surface area contributed by atoms with E-state index >= 15 is 0 Å². The second-order valence-electron chi connectivity index (χ2n) is 8.16. The molecule has 0 saturated heterocycles. The molecule has 2 N–H and O–H groups in total. The van der Waals surface area contributed by atoms with Gasteiger partial charge >= 0.3 is 12.1 Å². The lowest BCUT2D eigenvalue weighted by Gasteiger charge is -2.28. The van der Waals surface area contributed by atoms with E-state index in [2.05, 4.69) is 5.32 Å². The molecule has 1 unspecified atom stereocenters. The molecule has 3 rings (SSSR count). The minimum atomic E-state index is -0.810. The Bertz CT molecular complexity index is 863. The number of ether oxygens (including phenoxy) is 1. The zero-order valence-corrected chi connectivity index (χ0v) is 16.4. The van der Waals surface area contributed by atoms with Crippen LogP contribution in [0.25, 0.3) is 10.9 Å². The van der Waals surface area contributed by atoms with Gasteiger partial charge in [-0.1, -0.05) is 25.1 Å². The van der Waals surface area contributed by atoms with Crippen LogP contribution in [0, 0.1) is 0 Å². The normalized spacial score (nSPS) is 18.0. The van der Waals surface area contributed by atoms with E-state index in [0.29, 0.717) is 12.8 Å². The molecule has 27 heavy (non-hydrogen) atoms. The molecule has 1 aromatic carbocycles. The van der Waals surface area contributed by atoms with E-state index in [-0.39, 0.29) is 6.04 Å². The fraction of sp³-hybridized carbons (Fsp3) is 0.524. The summed E-state index contributed by atoms with van der Waals surface area (Å²) in [4.78, 5) is 23.9. The van der Waals surface area contributed by atoms with Gasteiger partial charge in [0.25, 0.3) is 0 Å². The van der Waals surface area contributed by atoms with Gasteiger partial charge < -0.3 is 19.7 Å². The van der Waals surface area contributed by atoms with Crippen molar-refractivity contribution in [2.24, 2.45) is 0 Å². The summed E-state index contributed by atoms with van der Waals surface area (Å²) in [5.74, 6) is -0.810. The third kappa shape index (κ3) is 3.94. The molecule has 6 nitrogen and oxygen atoms in total. The van der Waals surface area contributed by atoms with E-state index in [0.717, 1.165) is 35.0 Å². The first kappa shape index (κ1) is 19.3. The molecule has 1 aliphatic rings. The number of hydrogen-bond donors (Lipinski definition) is 2. The summed E-state index contributed by atoms with van der Waals surface area (Å²) in [6.07, 6.45) is 2.29. The van der Waals surface area contributed by atoms with E-state index in [1.54, 1.807) is 0 Å². The number of carbonyl (C=O) groups excluding carboxylic acids is 1. The molecular weight excluding hydrogens is 344 g/mol. The Hall–Kier alpha value is -2.50. The Morgan fingerprint density at radius 3 is 2.67 bits per heavy atom. The van der Waals surface area contributed by atoms with Crippen LogP contribution < -0.4 is 5.32 Å². The zero-order chi connectivity index (χ0) is 19.8. The van der Waals surface area contributed by atoms with Crippen molar-refractivity contribution in [1.82, 2.24) is 9.88 Å². The average Bonchev–Trinajstić information content (AvgIpc) is 2.88. The van der Waals surface area contributed by atoms with Gasteiger partial charge in [-0.2, -0.15) is 0 Å². The highest BCUT2D eigenvalue weighted by atomic mass is 16.6. The van der Waals surface area contributed by atoms with Gasteiger partial charge in [0.15, 0.2) is 0 Å². The fourth-order valence-electron chi connectivity index (χ4n) is 3.96. The van der Waals surface area contributed by atoms with Gasteiger partial charge in [-0.25, -0.2) is 9.59 Å². The zero-order valence-electron chi connectivity index (χ0n) is 16.4. The summed E-state index contributed by atoms with van der Waals surface area (Å²) in [6.45, 7) is 7.43. The maximum atomic E-state index is 12.1. The first-order chi connectivity index (χ1) is 12.7. The van der Waals surface area contributed by atoms with Crippen LogP contribution in [0.1, 0.15) is 57.8 Å². The molecule has 0 fully saturated rings. The van der Waals surface area contributed by atoms with Crippen LogP contribution in [0.15, 0.2) is 24.3 Å². The highest BCUT2D eigenvalue weighted by Crippen LogP contribution is 2.35. The number of para-hydroxylation sites is 1. The van der Waals surface area contributed by atoms with Crippen LogP contribution in [0.5, 0.6) is 0 Å². The van der Waals surface area contributed by atoms with Crippen molar-refractivity contribution in [3.63, 3.8) is 0 Å². The minimum absolute atomic E-state index is 0.0171. The van der Waals surface area contributed by atoms with Crippen LogP contribution in [0.4, 0.5) is 4.79 Å². The molecule has 1 heterocycles. The molecule has 0 spiro atoms. The van der Waals surface area contributed by atoms with Crippen LogP contribution in [-0.4, -0.2) is 33.4 Å². The van der Waals surface area contributed by atoms with Crippen LogP contribution in [0.3, 0.4) is 0 Å². The van der Waals surface area contributed by atoms with E-state index in [1.807, 2.05) is 56.5 Å². The molecule has 2 aromatic rings. The Labute approximate surface area is 159 Å². The number of nitrogens with one attached hydrogen (secondary N) is 1. The Balaban J connectivity index is 1.93. The lowest BCUT2D eigenvalue weighted by molar-refractivity contribution is -0.140. The number of rotatable bonds is 4. The second kappa shape index (κ2) is 7.25. The number of carboxylic acid groups (broad SMARTS) is 1. The summed E-state index contributed by atoms with van der Waals surface area (Å²) < 4.78 is 7.36. The van der Waals surface area contributed by atoms with E-state index in [4.69, 9.17) is 4.74 Å². The lowest BCUT2D eigenvalue weighted by atomic mass is 9.91. The highest BCUT2D eigenvalue weighted by Gasteiger charge is 2.31. The van der Waals surface area contributed by atoms with Gasteiger partial charge in [-0.3, -0.25) is 0 Å². The second-order valence-corrected chi connectivity index (χ2v) is 8.16. The van der Waals surface area contributed by atoms with Crippen molar-refractivity contribution >= 4 is 23.0 Å². The average molecular weight is 372 g/mol. The third-order valence-corrected chi connectivity index (χ3v) is 5.01. The predicted molar refractivity (Wildman–Crippen MR) is 104 cm³/mol. The molecule has 146 valence electrons. The number of carboxylic acids is 1. The molecule has 0 aliphatic heterocycles. The van der Waals surface area contributed by atoms with Crippen molar-refractivity contribution in [3.8, 4) is 0 Å². The number of aromatic nitrogens is 1. The van der Waals surface area contributed by atoms with Crippen molar-refractivity contribution in [2.75, 3.05) is 0 Å². The number of carbonyl (C=O) groups is 2. The van der Waals surface area contributed by atoms with Crippen molar-refractivity contribution in [1.29, 1.82) is 0 Å². The molecule has 0 bridgehead atoms. The molecular formula is C21H28N2O4. The summed E-state index contributed by atoms with van der Waals surface area (Å²) in [5.41, 5.74) is 2.63. The summed E-state index contributed by atoms with van der Waals surface area (Å²) in [7, 11) is 0. The van der Waals surface area contributed by atoms with Gasteiger partial charge in [0.2, 0.25) is 0 Å². The highest BCUT2D eigenvalue weighted by molar-refractivity contribution is 5.88. The molecule has 1 aromatic heterocycles. The molecule has 1 amide bonds. The standard InChI is InChI=1S/C21H28N2O4/c1-5-16(19(24)25)23-17-9-7-6-8-14(17)15-12-13(10-11-18(15)23)22-20(26)27-21(2,3)4/h6-9,13,16H,5,10-12H2,1-4H3,(H,22,26)(H,24,25)/t13-,16?/m0/s1. The van der Waals surface area contributed by atoms with Crippen molar-refractivity contribution < 1.29 is 19.4 Å². The third-order valence-electron chi connectivity index (χ3n) is 5.01. The fourth-order valence-corrected chi connectivity index (χ4v) is 3.96. The van der Waals surface area contributed by atoms with Crippen molar-refractivity contribution in [2.45, 2.75) is 71.1 Å². The van der Waals surface area contributed by atoms with E-state index in [9.17, 15) is 14.7 Å². The summed E-state index contributed by atoms with van der Waals surface area (Å²) >= 11 is 0. The number of hydrogen-bond acceptors (Lipinski definition) is 3. The number of benzene rings is 1. The van der Waals surface area contributed by atoms with E-state index < -0.39 is 23.7 Å². The lowest BCUT2D eigenvalue weighted by Crippen LogP contribution is -2.42. The smallest absolute Gasteiger partial charge is 0.407 e. The maximum absolute atomic E-state index is 12.1. The first-order valence-electron chi connectivity index (χ1n) is 9.54. The van der Waals surface area contributed by atoms with Crippen molar-refractivity contribution in [3.05, 3.63) is 35.5 Å². The van der Waals surface area contributed by atoms with Gasteiger partial charge in [-0.15, -0.1) is 0 Å². The monoisotopic (exact) mass is 372 g/mol. The number of nitrogens with zero attached hydrogens (tertiary/aromatic N) is 1. The molecule has 6 heteroatoms. The minimum Gasteiger partial charge on any atom is -0.480 e. The Kier molecular flexibility index (Phi) is 5.18. The van der Waals surface area contributed by atoms with Crippen LogP contribution >= 0.6 is 0 Å². The topological polar surface area (TPSA) is 80.6 Å². The number of fused-ring (bicyclic) bond motifs is 3. The SMILES string of the molecule is CCC(C(=O)O)n1c2c(c3ccccc31)C[C@@H](NC(=O)OC(C)(C)C)CC2. The largest absolute Gasteiger partial charge is 0.480 e. The molecule has 0 radical (unpaired) electrons. The Morgan fingerprint density at radius 2 is 2.04 bits per heavy atom.